The summed E-state index contributed by atoms with van der Waals surface area (Å²) in [5.74, 6) is 0. The molecular formula is C7H13BO4. The van der Waals surface area contributed by atoms with Crippen molar-refractivity contribution in [2.24, 2.45) is 0 Å². The predicted octanol–water partition coefficient (Wildman–Crippen LogP) is -2.14. The van der Waals surface area contributed by atoms with E-state index in [0.29, 0.717) is 6.61 Å². The molecule has 0 aromatic carbocycles. The van der Waals surface area contributed by atoms with Crippen LogP contribution in [0.2, 0.25) is 0 Å². The van der Waals surface area contributed by atoms with Crippen molar-refractivity contribution < 1.29 is 19.7 Å². The van der Waals surface area contributed by atoms with Gasteiger partial charge in [-0.1, -0.05) is 0 Å². The highest BCUT2D eigenvalue weighted by Gasteiger charge is 2.61. The molecule has 68 valence electrons. The van der Waals surface area contributed by atoms with Crippen LogP contribution in [0.25, 0.3) is 0 Å². The van der Waals surface area contributed by atoms with Gasteiger partial charge in [0.1, 0.15) is 25.7 Å². The summed E-state index contributed by atoms with van der Waals surface area (Å²) >= 11 is 0. The van der Waals surface area contributed by atoms with E-state index in [-0.39, 0.29) is 12.1 Å². The van der Waals surface area contributed by atoms with Gasteiger partial charge >= 0.3 is 0 Å². The standard InChI is InChI=1S/C7H13BO4/c1-3(9)7-2-11-4(5(7)10)6(8)12-7/h3-6,9-10H,2,8H2,1H3/t3-,4+,5-,6+,7+/m0/s1. The van der Waals surface area contributed by atoms with Crippen molar-refractivity contribution in [2.75, 3.05) is 6.61 Å². The fraction of sp³-hybridized carbons (Fsp3) is 1.00. The first-order valence-electron chi connectivity index (χ1n) is 4.23. The summed E-state index contributed by atoms with van der Waals surface area (Å²) in [5, 5.41) is 19.2. The smallest absolute Gasteiger partial charge is 0.145 e. The summed E-state index contributed by atoms with van der Waals surface area (Å²) in [4.78, 5) is 0. The maximum atomic E-state index is 9.71. The lowest BCUT2D eigenvalue weighted by molar-refractivity contribution is -0.163. The Morgan fingerprint density at radius 2 is 2.33 bits per heavy atom. The average molecular weight is 172 g/mol. The molecule has 0 aromatic rings. The van der Waals surface area contributed by atoms with Crippen molar-refractivity contribution in [3.63, 3.8) is 0 Å². The van der Waals surface area contributed by atoms with Gasteiger partial charge in [0.25, 0.3) is 0 Å². The SMILES string of the molecule is B[C@@H]1O[C@@]2([C@H](C)O)CO[C@@H]1[C@@H]2O. The first-order valence-corrected chi connectivity index (χ1v) is 4.23. The highest BCUT2D eigenvalue weighted by atomic mass is 16.6. The monoisotopic (exact) mass is 172 g/mol. The summed E-state index contributed by atoms with van der Waals surface area (Å²) in [6.45, 7) is 1.91. The molecule has 2 heterocycles. The maximum Gasteiger partial charge on any atom is 0.145 e. The second kappa shape index (κ2) is 2.45. The molecule has 0 aliphatic carbocycles. The van der Waals surface area contributed by atoms with Gasteiger partial charge in [0, 0.05) is 0 Å². The number of fused-ring (bicyclic) bond motifs is 2. The van der Waals surface area contributed by atoms with Gasteiger partial charge in [0.05, 0.1) is 18.7 Å². The molecule has 12 heavy (non-hydrogen) atoms. The van der Waals surface area contributed by atoms with Gasteiger partial charge < -0.3 is 19.7 Å². The first-order chi connectivity index (χ1) is 5.58. The summed E-state index contributed by atoms with van der Waals surface area (Å²) in [7, 11) is 1.84. The Hall–Kier alpha value is -0.0951. The van der Waals surface area contributed by atoms with E-state index in [0.717, 1.165) is 0 Å². The second-order valence-corrected chi connectivity index (χ2v) is 3.67. The summed E-state index contributed by atoms with van der Waals surface area (Å²) < 4.78 is 10.8. The van der Waals surface area contributed by atoms with Crippen LogP contribution in [0.1, 0.15) is 6.92 Å². The number of ether oxygens (including phenoxy) is 2. The Labute approximate surface area is 71.9 Å². The third-order valence-electron chi connectivity index (χ3n) is 2.89. The number of aliphatic hydroxyl groups excluding tert-OH is 2. The minimum atomic E-state index is -0.871. The average Bonchev–Trinajstić information content (AvgIpc) is 2.42. The van der Waals surface area contributed by atoms with Crippen LogP contribution < -0.4 is 0 Å². The highest BCUT2D eigenvalue weighted by molar-refractivity contribution is 6.11. The van der Waals surface area contributed by atoms with Crippen LogP contribution in [0.5, 0.6) is 0 Å². The summed E-state index contributed by atoms with van der Waals surface area (Å²) in [6.07, 6.45) is -1.64. The fourth-order valence-electron chi connectivity index (χ4n) is 2.06. The second-order valence-electron chi connectivity index (χ2n) is 3.67. The molecule has 0 spiro atoms. The van der Waals surface area contributed by atoms with Crippen LogP contribution in [0.4, 0.5) is 0 Å². The van der Waals surface area contributed by atoms with E-state index in [1.165, 1.54) is 0 Å². The lowest BCUT2D eigenvalue weighted by atomic mass is 9.90. The third-order valence-corrected chi connectivity index (χ3v) is 2.89. The lowest BCUT2D eigenvalue weighted by Gasteiger charge is -2.32. The van der Waals surface area contributed by atoms with E-state index < -0.39 is 17.8 Å². The Bertz CT molecular complexity index is 198. The molecule has 2 bridgehead atoms. The molecule has 0 amide bonds. The molecule has 2 fully saturated rings. The van der Waals surface area contributed by atoms with Crippen molar-refractivity contribution >= 4 is 7.85 Å². The first kappa shape index (κ1) is 8.50. The van der Waals surface area contributed by atoms with Crippen LogP contribution in [-0.2, 0) is 9.47 Å². The van der Waals surface area contributed by atoms with Crippen molar-refractivity contribution in [3.05, 3.63) is 0 Å². The Balaban J connectivity index is 2.27. The van der Waals surface area contributed by atoms with Crippen LogP contribution in [0.3, 0.4) is 0 Å². The Kier molecular flexibility index (Phi) is 1.73. The van der Waals surface area contributed by atoms with E-state index in [1.54, 1.807) is 6.92 Å². The lowest BCUT2D eigenvalue weighted by Crippen LogP contribution is -2.50. The number of rotatable bonds is 1. The molecule has 2 rings (SSSR count). The Morgan fingerprint density at radius 1 is 1.67 bits per heavy atom. The van der Waals surface area contributed by atoms with Crippen LogP contribution in [0.15, 0.2) is 0 Å². The maximum absolute atomic E-state index is 9.71. The molecule has 5 atom stereocenters. The minimum absolute atomic E-state index is 0.122. The van der Waals surface area contributed by atoms with Crippen molar-refractivity contribution in [1.29, 1.82) is 0 Å². The highest BCUT2D eigenvalue weighted by Crippen LogP contribution is 2.40. The zero-order valence-corrected chi connectivity index (χ0v) is 7.23. The zero-order chi connectivity index (χ0) is 8.93. The van der Waals surface area contributed by atoms with Crippen molar-refractivity contribution in [2.45, 2.75) is 36.8 Å². The summed E-state index contributed by atoms with van der Waals surface area (Å²) in [6, 6.07) is -0.122. The predicted molar refractivity (Wildman–Crippen MR) is 43.6 cm³/mol. The molecule has 0 unspecified atom stereocenters. The van der Waals surface area contributed by atoms with Gasteiger partial charge in [-0.25, -0.2) is 0 Å². The van der Waals surface area contributed by atoms with Gasteiger partial charge in [-0.05, 0) is 6.92 Å². The fourth-order valence-corrected chi connectivity index (χ4v) is 2.06. The van der Waals surface area contributed by atoms with Crippen LogP contribution >= 0.6 is 0 Å². The van der Waals surface area contributed by atoms with Crippen molar-refractivity contribution in [3.8, 4) is 0 Å². The number of hydrogen-bond donors (Lipinski definition) is 2. The van der Waals surface area contributed by atoms with Crippen LogP contribution in [0, 0.1) is 0 Å². The van der Waals surface area contributed by atoms with Crippen LogP contribution in [-0.4, -0.2) is 54.6 Å². The van der Waals surface area contributed by atoms with Crippen molar-refractivity contribution in [1.82, 2.24) is 0 Å². The Morgan fingerprint density at radius 3 is 2.58 bits per heavy atom. The zero-order valence-electron chi connectivity index (χ0n) is 7.23. The number of aliphatic hydroxyl groups is 2. The van der Waals surface area contributed by atoms with Gasteiger partial charge in [0.2, 0.25) is 0 Å². The molecule has 2 aliphatic heterocycles. The summed E-state index contributed by atoms with van der Waals surface area (Å²) in [5.41, 5.74) is -0.871. The van der Waals surface area contributed by atoms with E-state index in [2.05, 4.69) is 0 Å². The molecule has 4 nitrogen and oxygen atoms in total. The third kappa shape index (κ3) is 0.822. The molecule has 2 saturated heterocycles. The van der Waals surface area contributed by atoms with Gasteiger partial charge in [-0.15, -0.1) is 0 Å². The van der Waals surface area contributed by atoms with Gasteiger partial charge in [-0.3, -0.25) is 0 Å². The molecule has 0 aromatic heterocycles. The quantitative estimate of drug-likeness (QED) is 0.443. The van der Waals surface area contributed by atoms with E-state index in [4.69, 9.17) is 9.47 Å². The molecule has 0 saturated carbocycles. The van der Waals surface area contributed by atoms with Gasteiger partial charge in [0.15, 0.2) is 0 Å². The van der Waals surface area contributed by atoms with E-state index in [9.17, 15) is 10.2 Å². The number of hydrogen-bond acceptors (Lipinski definition) is 4. The largest absolute Gasteiger partial charge is 0.390 e. The molecule has 5 heteroatoms. The topological polar surface area (TPSA) is 58.9 Å². The van der Waals surface area contributed by atoms with Gasteiger partial charge in [-0.2, -0.15) is 0 Å². The molecule has 2 N–H and O–H groups in total. The molecular weight excluding hydrogens is 159 g/mol. The minimum Gasteiger partial charge on any atom is -0.390 e. The van der Waals surface area contributed by atoms with E-state index in [1.807, 2.05) is 7.85 Å². The van der Waals surface area contributed by atoms with E-state index >= 15 is 0 Å². The molecule has 2 aliphatic rings. The normalized spacial score (nSPS) is 54.4. The molecule has 0 radical (unpaired) electrons.